The molecule has 0 amide bonds. The minimum Gasteiger partial charge on any atom is -0.468 e. The van der Waals surface area contributed by atoms with Crippen molar-refractivity contribution < 1.29 is 4.42 Å². The minimum atomic E-state index is -0.139. The molecular formula is C70H80BN3O. The fraction of sp³-hybridized carbons (Fsp3) is 0.457. The standard InChI is InChI=1S/C70H80BN3O/c1-63(2,3)43-21-24-45(25-22-43)72-56-28-23-44(64(4,5)6)37-54(56)71-60-57(72)39-47(74-55-20-16-15-19-50(55)69(13)29-17-18-30-70(69,74)14)40-58(60)73(46-26-27-49-51(38-46)66(9,10)32-31-65(49,7)8)61-48-41-52-53(42-59(48)75-62(61)71)68(12)35-33-67(52,11)34-36-68/h15-16,19-28,37-42H,17-18,29-36H2,1-14H3. The third-order valence-electron chi connectivity index (χ3n) is 21.8. The first-order chi connectivity index (χ1) is 35.4. The van der Waals surface area contributed by atoms with Crippen LogP contribution in [0, 0.1) is 0 Å². The van der Waals surface area contributed by atoms with Gasteiger partial charge < -0.3 is 19.1 Å². The molecule has 2 unspecified atom stereocenters. The fourth-order valence-electron chi connectivity index (χ4n) is 16.5. The summed E-state index contributed by atoms with van der Waals surface area (Å²) in [6.45, 7) is 34.1. The number of fused-ring (bicyclic) bond motifs is 12. The van der Waals surface area contributed by atoms with Crippen LogP contribution in [0.1, 0.15) is 200 Å². The van der Waals surface area contributed by atoms with E-state index in [0.717, 1.165) is 24.1 Å². The highest BCUT2D eigenvalue weighted by Crippen LogP contribution is 2.63. The summed E-state index contributed by atoms with van der Waals surface area (Å²) in [4.78, 5) is 8.18. The predicted octanol–water partition coefficient (Wildman–Crippen LogP) is 17.3. The van der Waals surface area contributed by atoms with Crippen LogP contribution in [0.4, 0.5) is 45.5 Å². The van der Waals surface area contributed by atoms with Gasteiger partial charge in [0.25, 0.3) is 6.71 Å². The molecule has 6 aromatic carbocycles. The second-order valence-electron chi connectivity index (χ2n) is 29.3. The Labute approximate surface area is 449 Å². The van der Waals surface area contributed by atoms with E-state index in [0.29, 0.717) is 0 Å². The number of hydrogen-bond acceptors (Lipinski definition) is 4. The highest BCUT2D eigenvalue weighted by Gasteiger charge is 2.59. The Morgan fingerprint density at radius 2 is 1.07 bits per heavy atom. The van der Waals surface area contributed by atoms with Crippen LogP contribution in [0.15, 0.2) is 114 Å². The molecule has 7 aromatic rings. The van der Waals surface area contributed by atoms with Gasteiger partial charge in [-0.1, -0.05) is 151 Å². The van der Waals surface area contributed by atoms with Crippen LogP contribution in [0.2, 0.25) is 0 Å². The number of hydrogen-bond donors (Lipinski definition) is 0. The van der Waals surface area contributed by atoms with E-state index in [1.807, 2.05) is 0 Å². The van der Waals surface area contributed by atoms with Crippen molar-refractivity contribution in [3.63, 3.8) is 0 Å². The van der Waals surface area contributed by atoms with E-state index in [-0.39, 0.29) is 50.2 Å². The lowest BCUT2D eigenvalue weighted by Crippen LogP contribution is -2.61. The molecule has 4 heterocycles. The number of furan rings is 1. The maximum atomic E-state index is 7.81. The summed E-state index contributed by atoms with van der Waals surface area (Å²) in [6, 6.07) is 44.4. The van der Waals surface area contributed by atoms with Crippen molar-refractivity contribution in [1.29, 1.82) is 0 Å². The summed E-state index contributed by atoms with van der Waals surface area (Å²) >= 11 is 0. The molecular weight excluding hydrogens is 910 g/mol. The quantitative estimate of drug-likeness (QED) is 0.165. The molecule has 8 aliphatic rings. The Hall–Kier alpha value is -5.68. The van der Waals surface area contributed by atoms with Crippen LogP contribution >= 0.6 is 0 Å². The monoisotopic (exact) mass is 990 g/mol. The molecule has 2 fully saturated rings. The Bertz CT molecular complexity index is 3570. The first-order valence-electron chi connectivity index (χ1n) is 29.0. The molecule has 384 valence electrons. The van der Waals surface area contributed by atoms with Gasteiger partial charge in [0.15, 0.2) is 0 Å². The smallest absolute Gasteiger partial charge is 0.297 e. The number of nitrogens with zero attached hydrogens (tertiary/aromatic N) is 3. The van der Waals surface area contributed by atoms with Gasteiger partial charge in [-0.15, -0.1) is 0 Å². The van der Waals surface area contributed by atoms with Crippen molar-refractivity contribution in [2.75, 3.05) is 14.7 Å². The molecule has 0 radical (unpaired) electrons. The summed E-state index contributed by atoms with van der Waals surface area (Å²) < 4.78 is 7.81. The second-order valence-corrected chi connectivity index (χ2v) is 29.3. The van der Waals surface area contributed by atoms with Crippen molar-refractivity contribution >= 4 is 79.8 Å². The predicted molar refractivity (Wildman–Crippen MR) is 319 cm³/mol. The van der Waals surface area contributed by atoms with E-state index in [4.69, 9.17) is 4.42 Å². The van der Waals surface area contributed by atoms with Crippen molar-refractivity contribution in [2.24, 2.45) is 0 Å². The van der Waals surface area contributed by atoms with Gasteiger partial charge in [-0.05, 0) is 201 Å². The van der Waals surface area contributed by atoms with Crippen LogP contribution in [0.3, 0.4) is 0 Å². The van der Waals surface area contributed by atoms with Crippen LogP contribution < -0.4 is 31.3 Å². The molecule has 2 saturated carbocycles. The molecule has 15 rings (SSSR count). The molecule has 5 aliphatic carbocycles. The van der Waals surface area contributed by atoms with E-state index in [1.165, 1.54) is 147 Å². The highest BCUT2D eigenvalue weighted by atomic mass is 16.3. The van der Waals surface area contributed by atoms with E-state index in [1.54, 1.807) is 5.56 Å². The lowest BCUT2D eigenvalue weighted by molar-refractivity contribution is 0.188. The lowest BCUT2D eigenvalue weighted by atomic mass is 9.35. The first-order valence-corrected chi connectivity index (χ1v) is 29.0. The lowest BCUT2D eigenvalue weighted by Gasteiger charge is -2.52. The summed E-state index contributed by atoms with van der Waals surface area (Å²) in [6.07, 6.45) is 12.1. The minimum absolute atomic E-state index is 0.00562. The summed E-state index contributed by atoms with van der Waals surface area (Å²) in [5.41, 5.74) is 25.3. The van der Waals surface area contributed by atoms with Gasteiger partial charge >= 0.3 is 0 Å². The zero-order valence-electron chi connectivity index (χ0n) is 47.8. The molecule has 1 aromatic heterocycles. The normalized spacial score (nSPS) is 26.6. The van der Waals surface area contributed by atoms with E-state index in [9.17, 15) is 0 Å². The fourth-order valence-corrected chi connectivity index (χ4v) is 16.5. The van der Waals surface area contributed by atoms with Gasteiger partial charge in [0.1, 0.15) is 5.58 Å². The van der Waals surface area contributed by atoms with Gasteiger partial charge in [-0.3, -0.25) is 0 Å². The van der Waals surface area contributed by atoms with Crippen LogP contribution in [-0.4, -0.2) is 12.3 Å². The average molecular weight is 990 g/mol. The highest BCUT2D eigenvalue weighted by molar-refractivity contribution is 7.00. The number of rotatable bonds is 3. The maximum Gasteiger partial charge on any atom is 0.297 e. The topological polar surface area (TPSA) is 22.9 Å². The number of para-hydroxylation sites is 1. The summed E-state index contributed by atoms with van der Waals surface area (Å²) in [5.74, 6) is 0. The van der Waals surface area contributed by atoms with Crippen LogP contribution in [0.25, 0.3) is 11.0 Å². The van der Waals surface area contributed by atoms with Gasteiger partial charge in [0.2, 0.25) is 0 Å². The largest absolute Gasteiger partial charge is 0.468 e. The Kier molecular flexibility index (Phi) is 9.60. The van der Waals surface area contributed by atoms with E-state index in [2.05, 4.69) is 221 Å². The Balaban J connectivity index is 1.13. The molecule has 3 aliphatic heterocycles. The van der Waals surface area contributed by atoms with Crippen LogP contribution in [0.5, 0.6) is 0 Å². The average Bonchev–Trinajstić information content (AvgIpc) is 3.86. The van der Waals surface area contributed by atoms with Crippen molar-refractivity contribution in [3.05, 3.63) is 148 Å². The first kappa shape index (κ1) is 47.8. The zero-order chi connectivity index (χ0) is 52.4. The van der Waals surface area contributed by atoms with E-state index >= 15 is 0 Å². The van der Waals surface area contributed by atoms with E-state index < -0.39 is 0 Å². The Morgan fingerprint density at radius 1 is 0.467 bits per heavy atom. The molecule has 2 atom stereocenters. The number of benzene rings is 6. The van der Waals surface area contributed by atoms with Gasteiger partial charge in [0, 0.05) is 50.6 Å². The van der Waals surface area contributed by atoms with Gasteiger partial charge in [-0.2, -0.15) is 0 Å². The second kappa shape index (κ2) is 15.1. The molecule has 0 N–H and O–H groups in total. The Morgan fingerprint density at radius 3 is 1.75 bits per heavy atom. The van der Waals surface area contributed by atoms with Crippen molar-refractivity contribution in [3.8, 4) is 0 Å². The third kappa shape index (κ3) is 6.42. The zero-order valence-corrected chi connectivity index (χ0v) is 47.8. The molecule has 0 spiro atoms. The molecule has 4 nitrogen and oxygen atoms in total. The SMILES string of the molecule is CC(C)(C)c1ccc(N2c3ccc(C(C)(C)C)cc3B3c4oc5cc6c(cc5c4N(c4ccc5c(c4)C(C)(C)CCC5(C)C)c4cc(N5c7ccccc7C7(C)CCCCC57C)cc2c43)C2(C)CCC6(C)CC2)cc1. The molecule has 5 heteroatoms. The van der Waals surface area contributed by atoms with Crippen molar-refractivity contribution in [2.45, 2.75) is 205 Å². The maximum absolute atomic E-state index is 7.81. The van der Waals surface area contributed by atoms with Crippen molar-refractivity contribution in [1.82, 2.24) is 0 Å². The molecule has 2 bridgehead atoms. The summed E-state index contributed by atoms with van der Waals surface area (Å²) in [7, 11) is 0. The van der Waals surface area contributed by atoms with Crippen LogP contribution in [-0.2, 0) is 37.9 Å². The van der Waals surface area contributed by atoms with Gasteiger partial charge in [0.05, 0.1) is 16.9 Å². The third-order valence-corrected chi connectivity index (χ3v) is 21.8. The van der Waals surface area contributed by atoms with Gasteiger partial charge in [-0.25, -0.2) is 0 Å². The molecule has 0 saturated heterocycles. The summed E-state index contributed by atoms with van der Waals surface area (Å²) in [5, 5.41) is 1.25. The molecule has 75 heavy (non-hydrogen) atoms. The number of anilines is 8.